The first-order valence-corrected chi connectivity index (χ1v) is 6.10. The van der Waals surface area contributed by atoms with Gasteiger partial charge in [-0.1, -0.05) is 12.8 Å². The van der Waals surface area contributed by atoms with Gasteiger partial charge in [0.25, 0.3) is 0 Å². The summed E-state index contributed by atoms with van der Waals surface area (Å²) in [5, 5.41) is 0. The van der Waals surface area contributed by atoms with Crippen LogP contribution in [0.4, 0.5) is 4.39 Å². The van der Waals surface area contributed by atoms with Gasteiger partial charge in [0, 0.05) is 0 Å². The molecule has 0 unspecified atom stereocenters. The largest absolute Gasteiger partial charge is 0.462 e. The number of rotatable bonds is 3. The molecule has 1 fully saturated rings. The summed E-state index contributed by atoms with van der Waals surface area (Å²) >= 11 is 0. The summed E-state index contributed by atoms with van der Waals surface area (Å²) in [6.45, 7) is 2.21. The molecule has 0 aliphatic heterocycles. The first-order chi connectivity index (χ1) is 8.16. The molecule has 2 nitrogen and oxygen atoms in total. The zero-order valence-electron chi connectivity index (χ0n) is 10.0. The third kappa shape index (κ3) is 3.05. The monoisotopic (exact) mass is 236 g/mol. The smallest absolute Gasteiger partial charge is 0.338 e. The SMILES string of the molecule is Cc1cc(F)ccc1C(=O)OCC1CCCC1. The van der Waals surface area contributed by atoms with Crippen molar-refractivity contribution in [1.29, 1.82) is 0 Å². The van der Waals surface area contributed by atoms with Crippen LogP contribution in [-0.4, -0.2) is 12.6 Å². The van der Waals surface area contributed by atoms with E-state index in [-0.39, 0.29) is 11.8 Å². The molecule has 0 radical (unpaired) electrons. The Balaban J connectivity index is 1.94. The Hall–Kier alpha value is -1.38. The van der Waals surface area contributed by atoms with Crippen molar-refractivity contribution >= 4 is 5.97 Å². The molecule has 3 heteroatoms. The standard InChI is InChI=1S/C14H17FO2/c1-10-8-12(15)6-7-13(10)14(16)17-9-11-4-2-3-5-11/h6-8,11H,2-5,9H2,1H3. The van der Waals surface area contributed by atoms with Gasteiger partial charge in [0.2, 0.25) is 0 Å². The average Bonchev–Trinajstić information content (AvgIpc) is 2.78. The molecule has 0 atom stereocenters. The normalized spacial score (nSPS) is 16.1. The third-order valence-electron chi connectivity index (χ3n) is 3.33. The number of benzene rings is 1. The molecule has 1 aromatic rings. The van der Waals surface area contributed by atoms with Crippen LogP contribution in [0.25, 0.3) is 0 Å². The van der Waals surface area contributed by atoms with E-state index in [1.165, 1.54) is 31.0 Å². The van der Waals surface area contributed by atoms with E-state index in [0.29, 0.717) is 23.7 Å². The van der Waals surface area contributed by atoms with Crippen molar-refractivity contribution in [2.75, 3.05) is 6.61 Å². The Bertz CT molecular complexity index is 409. The average molecular weight is 236 g/mol. The molecule has 0 amide bonds. The summed E-state index contributed by atoms with van der Waals surface area (Å²) in [5.74, 6) is -0.149. The number of hydrogen-bond acceptors (Lipinski definition) is 2. The summed E-state index contributed by atoms with van der Waals surface area (Å²) in [6.07, 6.45) is 4.76. The van der Waals surface area contributed by atoms with Gasteiger partial charge in [0.05, 0.1) is 12.2 Å². The fraction of sp³-hybridized carbons (Fsp3) is 0.500. The van der Waals surface area contributed by atoms with Crippen molar-refractivity contribution in [2.24, 2.45) is 5.92 Å². The second kappa shape index (κ2) is 5.30. The lowest BCUT2D eigenvalue weighted by atomic mass is 10.1. The number of hydrogen-bond donors (Lipinski definition) is 0. The number of halogens is 1. The van der Waals surface area contributed by atoms with Gasteiger partial charge in [-0.25, -0.2) is 9.18 Å². The van der Waals surface area contributed by atoms with E-state index in [4.69, 9.17) is 4.74 Å². The van der Waals surface area contributed by atoms with E-state index >= 15 is 0 Å². The highest BCUT2D eigenvalue weighted by atomic mass is 19.1. The molecule has 0 N–H and O–H groups in total. The molecule has 17 heavy (non-hydrogen) atoms. The molecule has 0 aromatic heterocycles. The number of carbonyl (C=O) groups excluding carboxylic acids is 1. The quantitative estimate of drug-likeness (QED) is 0.751. The maximum Gasteiger partial charge on any atom is 0.338 e. The zero-order valence-corrected chi connectivity index (χ0v) is 10.0. The number of esters is 1. The van der Waals surface area contributed by atoms with Crippen molar-refractivity contribution < 1.29 is 13.9 Å². The summed E-state index contributed by atoms with van der Waals surface area (Å²) < 4.78 is 18.2. The number of carbonyl (C=O) groups is 1. The van der Waals surface area contributed by atoms with Crippen LogP contribution >= 0.6 is 0 Å². The lowest BCUT2D eigenvalue weighted by Gasteiger charge is -2.11. The second-order valence-electron chi connectivity index (χ2n) is 4.71. The maximum absolute atomic E-state index is 12.9. The van der Waals surface area contributed by atoms with E-state index in [0.717, 1.165) is 12.8 Å². The van der Waals surface area contributed by atoms with Crippen LogP contribution in [-0.2, 0) is 4.74 Å². The van der Waals surface area contributed by atoms with Crippen LogP contribution in [0.3, 0.4) is 0 Å². The number of aryl methyl sites for hydroxylation is 1. The summed E-state index contributed by atoms with van der Waals surface area (Å²) in [7, 11) is 0. The van der Waals surface area contributed by atoms with E-state index < -0.39 is 0 Å². The Morgan fingerprint density at radius 2 is 2.12 bits per heavy atom. The minimum Gasteiger partial charge on any atom is -0.462 e. The Kier molecular flexibility index (Phi) is 3.77. The molecule has 0 bridgehead atoms. The Morgan fingerprint density at radius 1 is 1.41 bits per heavy atom. The molecule has 1 aliphatic carbocycles. The van der Waals surface area contributed by atoms with Gasteiger partial charge in [0.1, 0.15) is 5.82 Å². The van der Waals surface area contributed by atoms with Crippen molar-refractivity contribution in [3.8, 4) is 0 Å². The molecular weight excluding hydrogens is 219 g/mol. The van der Waals surface area contributed by atoms with Gasteiger partial charge < -0.3 is 4.74 Å². The van der Waals surface area contributed by atoms with E-state index in [9.17, 15) is 9.18 Å². The van der Waals surface area contributed by atoms with Gasteiger partial charge in [-0.2, -0.15) is 0 Å². The lowest BCUT2D eigenvalue weighted by molar-refractivity contribution is 0.0441. The second-order valence-corrected chi connectivity index (χ2v) is 4.71. The molecule has 2 rings (SSSR count). The van der Waals surface area contributed by atoms with E-state index in [2.05, 4.69) is 0 Å². The predicted molar refractivity (Wildman–Crippen MR) is 63.4 cm³/mol. The summed E-state index contributed by atoms with van der Waals surface area (Å²) in [6, 6.07) is 4.13. The highest BCUT2D eigenvalue weighted by Gasteiger charge is 2.18. The van der Waals surface area contributed by atoms with Crippen molar-refractivity contribution in [3.63, 3.8) is 0 Å². The van der Waals surface area contributed by atoms with Crippen LogP contribution < -0.4 is 0 Å². The van der Waals surface area contributed by atoms with Gasteiger partial charge in [0.15, 0.2) is 0 Å². The Morgan fingerprint density at radius 3 is 2.76 bits per heavy atom. The molecule has 1 aliphatic rings. The predicted octanol–water partition coefficient (Wildman–Crippen LogP) is 3.48. The fourth-order valence-electron chi connectivity index (χ4n) is 2.30. The first kappa shape index (κ1) is 12.1. The molecule has 0 spiro atoms. The lowest BCUT2D eigenvalue weighted by Crippen LogP contribution is -2.13. The minimum absolute atomic E-state index is 0.324. The molecule has 1 saturated carbocycles. The van der Waals surface area contributed by atoms with Gasteiger partial charge in [-0.3, -0.25) is 0 Å². The molecule has 92 valence electrons. The van der Waals surface area contributed by atoms with Crippen molar-refractivity contribution in [1.82, 2.24) is 0 Å². The fourth-order valence-corrected chi connectivity index (χ4v) is 2.30. The maximum atomic E-state index is 12.9. The van der Waals surface area contributed by atoms with Crippen LogP contribution in [0.2, 0.25) is 0 Å². The van der Waals surface area contributed by atoms with E-state index in [1.807, 2.05) is 0 Å². The van der Waals surface area contributed by atoms with Crippen LogP contribution in [0.15, 0.2) is 18.2 Å². The molecule has 0 heterocycles. The molecular formula is C14H17FO2. The van der Waals surface area contributed by atoms with Crippen LogP contribution in [0.5, 0.6) is 0 Å². The van der Waals surface area contributed by atoms with E-state index in [1.54, 1.807) is 6.92 Å². The van der Waals surface area contributed by atoms with Crippen molar-refractivity contribution in [3.05, 3.63) is 35.1 Å². The van der Waals surface area contributed by atoms with Crippen LogP contribution in [0.1, 0.15) is 41.6 Å². The number of ether oxygens (including phenoxy) is 1. The summed E-state index contributed by atoms with van der Waals surface area (Å²) in [4.78, 5) is 11.8. The van der Waals surface area contributed by atoms with Gasteiger partial charge in [-0.15, -0.1) is 0 Å². The first-order valence-electron chi connectivity index (χ1n) is 6.10. The summed E-state index contributed by atoms with van der Waals surface area (Å²) in [5.41, 5.74) is 1.09. The minimum atomic E-state index is -0.339. The molecule has 1 aromatic carbocycles. The Labute approximate surface area is 101 Å². The van der Waals surface area contributed by atoms with Crippen LogP contribution in [0, 0.1) is 18.7 Å². The topological polar surface area (TPSA) is 26.3 Å². The van der Waals surface area contributed by atoms with Crippen molar-refractivity contribution in [2.45, 2.75) is 32.6 Å². The zero-order chi connectivity index (χ0) is 12.3. The molecule has 0 saturated heterocycles. The highest BCUT2D eigenvalue weighted by Crippen LogP contribution is 2.25. The third-order valence-corrected chi connectivity index (χ3v) is 3.33. The van der Waals surface area contributed by atoms with Gasteiger partial charge in [-0.05, 0) is 49.4 Å². The van der Waals surface area contributed by atoms with Gasteiger partial charge >= 0.3 is 5.97 Å². The highest BCUT2D eigenvalue weighted by molar-refractivity contribution is 5.90.